The quantitative estimate of drug-likeness (QED) is 0.534. The number of nitrogens with one attached hydrogen (secondary N) is 1. The van der Waals surface area contributed by atoms with E-state index in [-0.39, 0.29) is 22.3 Å². The Hall–Kier alpha value is -2.43. The van der Waals surface area contributed by atoms with Gasteiger partial charge >= 0.3 is 0 Å². The highest BCUT2D eigenvalue weighted by Crippen LogP contribution is 2.34. The molecular weight excluding hydrogens is 348 g/mol. The van der Waals surface area contributed by atoms with Crippen molar-refractivity contribution in [2.45, 2.75) is 31.3 Å². The smallest absolute Gasteiger partial charge is 0.288 e. The molecular formula is C21H21ClN2O2. The maximum Gasteiger partial charge on any atom is 0.288 e. The molecule has 1 N–H and O–H groups in total. The minimum absolute atomic E-state index is 0.0727. The topological polar surface area (TPSA) is 55.2 Å². The standard InChI is InChI=1S/C21H21ClN2O2/c1-2-21(13-7-4-8-14-21)23-20(16-9-5-3-6-10-16)17-11-12-18(22)19(15-17)24(25)26/h3-13,15,20,23H,2,14H2,1H3/t20?,21-/m1/s1. The summed E-state index contributed by atoms with van der Waals surface area (Å²) in [6, 6.07) is 14.8. The molecule has 134 valence electrons. The van der Waals surface area contributed by atoms with Crippen molar-refractivity contribution in [1.29, 1.82) is 0 Å². The first kappa shape index (κ1) is 18.4. The van der Waals surface area contributed by atoms with Crippen LogP contribution in [0, 0.1) is 10.1 Å². The van der Waals surface area contributed by atoms with Gasteiger partial charge in [0.05, 0.1) is 11.0 Å². The molecule has 2 atom stereocenters. The monoisotopic (exact) mass is 368 g/mol. The molecule has 4 nitrogen and oxygen atoms in total. The van der Waals surface area contributed by atoms with Crippen molar-refractivity contribution in [2.75, 3.05) is 0 Å². The molecule has 1 unspecified atom stereocenters. The van der Waals surface area contributed by atoms with Crippen molar-refractivity contribution < 1.29 is 4.92 Å². The molecule has 0 fully saturated rings. The third-order valence-corrected chi connectivity index (χ3v) is 5.16. The van der Waals surface area contributed by atoms with Gasteiger partial charge in [0.15, 0.2) is 0 Å². The summed E-state index contributed by atoms with van der Waals surface area (Å²) in [6.07, 6.45) is 10.2. The second-order valence-electron chi connectivity index (χ2n) is 6.46. The van der Waals surface area contributed by atoms with Crippen LogP contribution in [0.25, 0.3) is 0 Å². The molecule has 0 aliphatic heterocycles. The van der Waals surface area contributed by atoms with E-state index < -0.39 is 4.92 Å². The zero-order chi connectivity index (χ0) is 18.6. The highest BCUT2D eigenvalue weighted by Gasteiger charge is 2.30. The Labute approximate surface area is 158 Å². The zero-order valence-corrected chi connectivity index (χ0v) is 15.3. The summed E-state index contributed by atoms with van der Waals surface area (Å²) in [5.74, 6) is 0. The van der Waals surface area contributed by atoms with Crippen LogP contribution in [0.4, 0.5) is 5.69 Å². The third-order valence-electron chi connectivity index (χ3n) is 4.84. The second kappa shape index (κ2) is 7.85. The van der Waals surface area contributed by atoms with Crippen LogP contribution in [0.15, 0.2) is 72.8 Å². The van der Waals surface area contributed by atoms with E-state index in [1.807, 2.05) is 48.6 Å². The number of benzene rings is 2. The highest BCUT2D eigenvalue weighted by atomic mass is 35.5. The fourth-order valence-electron chi connectivity index (χ4n) is 3.28. The van der Waals surface area contributed by atoms with E-state index in [9.17, 15) is 10.1 Å². The Morgan fingerprint density at radius 1 is 1.19 bits per heavy atom. The first-order chi connectivity index (χ1) is 12.5. The van der Waals surface area contributed by atoms with E-state index in [0.29, 0.717) is 0 Å². The van der Waals surface area contributed by atoms with Crippen LogP contribution in [-0.2, 0) is 0 Å². The van der Waals surface area contributed by atoms with Gasteiger partial charge in [0.2, 0.25) is 0 Å². The van der Waals surface area contributed by atoms with Crippen LogP contribution in [-0.4, -0.2) is 10.5 Å². The Kier molecular flexibility index (Phi) is 5.55. The van der Waals surface area contributed by atoms with Gasteiger partial charge in [0, 0.05) is 11.6 Å². The van der Waals surface area contributed by atoms with Gasteiger partial charge in [-0.25, -0.2) is 0 Å². The molecule has 3 rings (SSSR count). The molecule has 2 aromatic rings. The third kappa shape index (κ3) is 3.87. The van der Waals surface area contributed by atoms with Crippen molar-refractivity contribution in [3.8, 4) is 0 Å². The molecule has 26 heavy (non-hydrogen) atoms. The number of nitrogens with zero attached hydrogens (tertiary/aromatic N) is 1. The molecule has 0 bridgehead atoms. The Balaban J connectivity index is 2.05. The van der Waals surface area contributed by atoms with E-state index in [0.717, 1.165) is 24.0 Å². The molecule has 0 spiro atoms. The number of allylic oxidation sites excluding steroid dienone is 2. The molecule has 5 heteroatoms. The SMILES string of the molecule is CC[C@@]1(NC(c2ccccc2)c2ccc(Cl)c([N+](=O)[O-])c2)C=CC=CC1. The number of nitro groups is 1. The largest absolute Gasteiger partial charge is 0.297 e. The lowest BCUT2D eigenvalue weighted by atomic mass is 9.85. The fraction of sp³-hybridized carbons (Fsp3) is 0.238. The lowest BCUT2D eigenvalue weighted by Gasteiger charge is -2.36. The predicted molar refractivity (Wildman–Crippen MR) is 105 cm³/mol. The molecule has 0 heterocycles. The summed E-state index contributed by atoms with van der Waals surface area (Å²) in [5, 5.41) is 15.2. The van der Waals surface area contributed by atoms with E-state index >= 15 is 0 Å². The molecule has 0 amide bonds. The lowest BCUT2D eigenvalue weighted by molar-refractivity contribution is -0.384. The van der Waals surface area contributed by atoms with Crippen molar-refractivity contribution >= 4 is 17.3 Å². The van der Waals surface area contributed by atoms with Gasteiger partial charge in [-0.15, -0.1) is 0 Å². The van der Waals surface area contributed by atoms with Crippen molar-refractivity contribution in [3.05, 3.63) is 99.1 Å². The normalized spacial score (nSPS) is 20.1. The van der Waals surface area contributed by atoms with E-state index in [1.165, 1.54) is 0 Å². The number of hydrogen-bond acceptors (Lipinski definition) is 3. The number of hydrogen-bond donors (Lipinski definition) is 1. The van der Waals surface area contributed by atoms with Gasteiger partial charge in [-0.1, -0.05) is 79.2 Å². The molecule has 1 aliphatic rings. The van der Waals surface area contributed by atoms with Gasteiger partial charge in [0.1, 0.15) is 5.02 Å². The van der Waals surface area contributed by atoms with Crippen LogP contribution >= 0.6 is 11.6 Å². The minimum Gasteiger partial charge on any atom is -0.297 e. The second-order valence-corrected chi connectivity index (χ2v) is 6.86. The summed E-state index contributed by atoms with van der Waals surface area (Å²) in [7, 11) is 0. The average Bonchev–Trinajstić information content (AvgIpc) is 2.68. The summed E-state index contributed by atoms with van der Waals surface area (Å²) in [4.78, 5) is 10.9. The number of nitro benzene ring substituents is 1. The minimum atomic E-state index is -0.438. The predicted octanol–water partition coefficient (Wildman–Crippen LogP) is 5.59. The van der Waals surface area contributed by atoms with E-state index in [4.69, 9.17) is 11.6 Å². The van der Waals surface area contributed by atoms with Crippen LogP contribution in [0.5, 0.6) is 0 Å². The van der Waals surface area contributed by atoms with Gasteiger partial charge in [-0.05, 0) is 30.0 Å². The zero-order valence-electron chi connectivity index (χ0n) is 14.6. The van der Waals surface area contributed by atoms with Crippen molar-refractivity contribution in [3.63, 3.8) is 0 Å². The van der Waals surface area contributed by atoms with Gasteiger partial charge < -0.3 is 0 Å². The molecule has 1 aliphatic carbocycles. The van der Waals surface area contributed by atoms with Gasteiger partial charge in [0.25, 0.3) is 5.69 Å². The molecule has 0 saturated heterocycles. The van der Waals surface area contributed by atoms with E-state index in [2.05, 4.69) is 24.4 Å². The summed E-state index contributed by atoms with van der Waals surface area (Å²) in [5.41, 5.74) is 1.61. The summed E-state index contributed by atoms with van der Waals surface area (Å²) in [6.45, 7) is 2.14. The maximum atomic E-state index is 11.3. The first-order valence-electron chi connectivity index (χ1n) is 8.65. The number of rotatable bonds is 6. The van der Waals surface area contributed by atoms with Crippen LogP contribution in [0.1, 0.15) is 36.9 Å². The Bertz CT molecular complexity index is 848. The van der Waals surface area contributed by atoms with Crippen LogP contribution in [0.3, 0.4) is 0 Å². The van der Waals surface area contributed by atoms with Crippen LogP contribution < -0.4 is 5.32 Å². The maximum absolute atomic E-state index is 11.3. The van der Waals surface area contributed by atoms with E-state index in [1.54, 1.807) is 12.1 Å². The van der Waals surface area contributed by atoms with Gasteiger partial charge in [-0.3, -0.25) is 15.4 Å². The summed E-state index contributed by atoms with van der Waals surface area (Å²) >= 11 is 6.01. The van der Waals surface area contributed by atoms with Crippen molar-refractivity contribution in [2.24, 2.45) is 0 Å². The lowest BCUT2D eigenvalue weighted by Crippen LogP contribution is -2.45. The van der Waals surface area contributed by atoms with Gasteiger partial charge in [-0.2, -0.15) is 0 Å². The Morgan fingerprint density at radius 3 is 2.58 bits per heavy atom. The number of halogens is 1. The fourth-order valence-corrected chi connectivity index (χ4v) is 3.46. The van der Waals surface area contributed by atoms with Crippen LogP contribution in [0.2, 0.25) is 5.02 Å². The highest BCUT2D eigenvalue weighted by molar-refractivity contribution is 6.32. The molecule has 0 saturated carbocycles. The average molecular weight is 369 g/mol. The van der Waals surface area contributed by atoms with Crippen molar-refractivity contribution in [1.82, 2.24) is 5.32 Å². The molecule has 2 aromatic carbocycles. The molecule has 0 radical (unpaired) electrons. The summed E-state index contributed by atoms with van der Waals surface area (Å²) < 4.78 is 0. The Morgan fingerprint density at radius 2 is 1.96 bits per heavy atom. The molecule has 0 aromatic heterocycles. The first-order valence-corrected chi connectivity index (χ1v) is 9.03.